The van der Waals surface area contributed by atoms with E-state index in [2.05, 4.69) is 5.10 Å². The highest BCUT2D eigenvalue weighted by Gasteiger charge is 2.21. The maximum absolute atomic E-state index is 12.1. The molecule has 0 unspecified atom stereocenters. The molecule has 1 N–H and O–H groups in total. The molecule has 1 fully saturated rings. The van der Waals surface area contributed by atoms with Gasteiger partial charge in [0.15, 0.2) is 12.7 Å². The number of aromatic nitrogens is 3. The van der Waals surface area contributed by atoms with Crippen LogP contribution in [0.1, 0.15) is 19.3 Å². The van der Waals surface area contributed by atoms with Crippen LogP contribution >= 0.6 is 0 Å². The normalized spacial score (nSPS) is 14.0. The highest BCUT2D eigenvalue weighted by atomic mass is 16.4. The fraction of sp³-hybridized carbons (Fsp3) is 0.375. The standard InChI is InChI=1S/C16H17N3O3/c20-15-9-13(3-6-18(15)11-12-1-2-12)14-4-7-19(17-10-14)8-5-16(21)22/h3-4,6-7,9-10,12H,1-2,5,8,11H2/p+1. The molecule has 1 saturated carbocycles. The van der Waals surface area contributed by atoms with Gasteiger partial charge in [0.1, 0.15) is 12.6 Å². The molecule has 0 atom stereocenters. The third-order valence-corrected chi connectivity index (χ3v) is 3.81. The van der Waals surface area contributed by atoms with Gasteiger partial charge in [-0.15, -0.1) is 0 Å². The molecule has 0 aromatic carbocycles. The number of hydrogen-bond acceptors (Lipinski definition) is 3. The van der Waals surface area contributed by atoms with Crippen molar-refractivity contribution < 1.29 is 14.6 Å². The van der Waals surface area contributed by atoms with Crippen LogP contribution in [0.4, 0.5) is 0 Å². The minimum atomic E-state index is -0.849. The monoisotopic (exact) mass is 300 g/mol. The molecule has 1 aliphatic rings. The zero-order chi connectivity index (χ0) is 15.5. The number of nitrogens with zero attached hydrogens (tertiary/aromatic N) is 3. The number of carboxylic acid groups (broad SMARTS) is 1. The van der Waals surface area contributed by atoms with E-state index in [0.29, 0.717) is 12.5 Å². The fourth-order valence-electron chi connectivity index (χ4n) is 2.31. The summed E-state index contributed by atoms with van der Waals surface area (Å²) in [5, 5.41) is 12.8. The van der Waals surface area contributed by atoms with Crippen molar-refractivity contribution in [3.63, 3.8) is 0 Å². The lowest BCUT2D eigenvalue weighted by molar-refractivity contribution is -0.752. The summed E-state index contributed by atoms with van der Waals surface area (Å²) in [5.41, 5.74) is 1.68. The van der Waals surface area contributed by atoms with E-state index >= 15 is 0 Å². The first kappa shape index (κ1) is 14.4. The number of aryl methyl sites for hydroxylation is 1. The average Bonchev–Trinajstić information content (AvgIpc) is 3.32. The smallest absolute Gasteiger partial charge is 0.309 e. The summed E-state index contributed by atoms with van der Waals surface area (Å²) in [6.45, 7) is 1.14. The summed E-state index contributed by atoms with van der Waals surface area (Å²) < 4.78 is 3.33. The van der Waals surface area contributed by atoms with Crippen molar-refractivity contribution in [2.45, 2.75) is 32.4 Å². The molecule has 0 aliphatic heterocycles. The van der Waals surface area contributed by atoms with Gasteiger partial charge < -0.3 is 9.67 Å². The van der Waals surface area contributed by atoms with Crippen molar-refractivity contribution >= 4 is 5.97 Å². The van der Waals surface area contributed by atoms with Crippen molar-refractivity contribution in [3.8, 4) is 11.1 Å². The quantitative estimate of drug-likeness (QED) is 0.810. The van der Waals surface area contributed by atoms with Gasteiger partial charge >= 0.3 is 5.97 Å². The first-order valence-corrected chi connectivity index (χ1v) is 7.40. The Balaban J connectivity index is 1.74. The van der Waals surface area contributed by atoms with E-state index in [1.165, 1.54) is 12.8 Å². The second-order valence-electron chi connectivity index (χ2n) is 5.67. The van der Waals surface area contributed by atoms with Gasteiger partial charge in [-0.3, -0.25) is 9.59 Å². The predicted molar refractivity (Wildman–Crippen MR) is 79.1 cm³/mol. The van der Waals surface area contributed by atoms with Gasteiger partial charge in [0.25, 0.3) is 5.56 Å². The molecule has 0 saturated heterocycles. The Morgan fingerprint density at radius 2 is 2.18 bits per heavy atom. The van der Waals surface area contributed by atoms with Gasteiger partial charge in [-0.25, -0.2) is 0 Å². The molecule has 22 heavy (non-hydrogen) atoms. The number of carboxylic acids is 1. The summed E-state index contributed by atoms with van der Waals surface area (Å²) >= 11 is 0. The van der Waals surface area contributed by atoms with Crippen molar-refractivity contribution in [3.05, 3.63) is 47.1 Å². The summed E-state index contributed by atoms with van der Waals surface area (Å²) in [4.78, 5) is 22.6. The van der Waals surface area contributed by atoms with Gasteiger partial charge in [-0.1, -0.05) is 4.68 Å². The molecule has 3 rings (SSSR count). The molecule has 114 valence electrons. The minimum Gasteiger partial charge on any atom is -0.481 e. The molecule has 0 radical (unpaired) electrons. The third-order valence-electron chi connectivity index (χ3n) is 3.81. The number of rotatable bonds is 6. The Labute approximate surface area is 127 Å². The fourth-order valence-corrected chi connectivity index (χ4v) is 2.31. The molecule has 0 spiro atoms. The van der Waals surface area contributed by atoms with Crippen molar-refractivity contribution in [2.24, 2.45) is 5.92 Å². The molecular weight excluding hydrogens is 282 g/mol. The Morgan fingerprint density at radius 3 is 2.77 bits per heavy atom. The zero-order valence-electron chi connectivity index (χ0n) is 12.2. The molecule has 6 nitrogen and oxygen atoms in total. The third kappa shape index (κ3) is 3.58. The zero-order valence-corrected chi connectivity index (χ0v) is 12.2. The predicted octanol–water partition coefficient (Wildman–Crippen LogP) is 1.08. The Bertz CT molecular complexity index is 733. The lowest BCUT2D eigenvalue weighted by Crippen LogP contribution is -2.38. The van der Waals surface area contributed by atoms with Crippen LogP contribution in [0, 0.1) is 5.92 Å². The Morgan fingerprint density at radius 1 is 1.36 bits per heavy atom. The van der Waals surface area contributed by atoms with Crippen molar-refractivity contribution in [1.29, 1.82) is 0 Å². The second-order valence-corrected chi connectivity index (χ2v) is 5.67. The maximum Gasteiger partial charge on any atom is 0.309 e. The van der Waals surface area contributed by atoms with Crippen LogP contribution in [0.25, 0.3) is 11.1 Å². The van der Waals surface area contributed by atoms with Gasteiger partial charge in [0.05, 0.1) is 0 Å². The number of pyridine rings is 1. The van der Waals surface area contributed by atoms with Crippen LogP contribution in [-0.4, -0.2) is 20.7 Å². The molecule has 2 heterocycles. The van der Waals surface area contributed by atoms with E-state index in [4.69, 9.17) is 5.11 Å². The van der Waals surface area contributed by atoms with E-state index in [-0.39, 0.29) is 12.0 Å². The average molecular weight is 300 g/mol. The number of aliphatic carboxylic acids is 1. The van der Waals surface area contributed by atoms with Gasteiger partial charge in [0, 0.05) is 30.4 Å². The number of carbonyl (C=O) groups is 1. The van der Waals surface area contributed by atoms with E-state index in [1.54, 1.807) is 27.7 Å². The van der Waals surface area contributed by atoms with Crippen LogP contribution in [-0.2, 0) is 17.9 Å². The van der Waals surface area contributed by atoms with Gasteiger partial charge in [-0.05, 0) is 35.5 Å². The molecule has 1 aliphatic carbocycles. The SMILES string of the molecule is O=C(O)CC[n+]1ccc(-c2ccn(CC3CC3)c(=O)c2)cn1. The molecule has 6 heteroatoms. The van der Waals surface area contributed by atoms with Crippen molar-refractivity contribution in [2.75, 3.05) is 0 Å². The minimum absolute atomic E-state index is 0.00649. The molecule has 0 bridgehead atoms. The summed E-state index contributed by atoms with van der Waals surface area (Å²) in [5.74, 6) is -0.187. The Kier molecular flexibility index (Phi) is 4.00. The highest BCUT2D eigenvalue weighted by Crippen LogP contribution is 2.30. The molecular formula is C16H18N3O3+. The van der Waals surface area contributed by atoms with Crippen LogP contribution in [0.2, 0.25) is 0 Å². The lowest BCUT2D eigenvalue weighted by Gasteiger charge is -2.05. The summed E-state index contributed by atoms with van der Waals surface area (Å²) in [6.07, 6.45) is 7.69. The van der Waals surface area contributed by atoms with Crippen LogP contribution in [0.15, 0.2) is 41.6 Å². The summed E-state index contributed by atoms with van der Waals surface area (Å²) in [7, 11) is 0. The summed E-state index contributed by atoms with van der Waals surface area (Å²) in [6, 6.07) is 5.39. The molecule has 2 aromatic rings. The van der Waals surface area contributed by atoms with Gasteiger partial charge in [-0.2, -0.15) is 0 Å². The molecule has 2 aromatic heterocycles. The van der Waals surface area contributed by atoms with E-state index in [1.807, 2.05) is 18.3 Å². The topological polar surface area (TPSA) is 76.1 Å². The maximum atomic E-state index is 12.1. The second kappa shape index (κ2) is 6.09. The van der Waals surface area contributed by atoms with Crippen LogP contribution < -0.4 is 10.2 Å². The number of hydrogen-bond donors (Lipinski definition) is 1. The first-order chi connectivity index (χ1) is 10.6. The Hall–Kier alpha value is -2.50. The largest absolute Gasteiger partial charge is 0.481 e. The highest BCUT2D eigenvalue weighted by molar-refractivity contribution is 5.66. The lowest BCUT2D eigenvalue weighted by atomic mass is 10.1. The van der Waals surface area contributed by atoms with Gasteiger partial charge in [0.2, 0.25) is 0 Å². The van der Waals surface area contributed by atoms with Crippen LogP contribution in [0.3, 0.4) is 0 Å². The van der Waals surface area contributed by atoms with E-state index < -0.39 is 5.97 Å². The van der Waals surface area contributed by atoms with Crippen molar-refractivity contribution in [1.82, 2.24) is 9.67 Å². The first-order valence-electron chi connectivity index (χ1n) is 7.40. The van der Waals surface area contributed by atoms with E-state index in [9.17, 15) is 9.59 Å². The molecule has 0 amide bonds. The van der Waals surface area contributed by atoms with Crippen LogP contribution in [0.5, 0.6) is 0 Å². The van der Waals surface area contributed by atoms with E-state index in [0.717, 1.165) is 17.7 Å².